The van der Waals surface area contributed by atoms with Gasteiger partial charge in [0.05, 0.1) is 36.1 Å². The first-order valence-corrected chi connectivity index (χ1v) is 13.8. The van der Waals surface area contributed by atoms with Gasteiger partial charge < -0.3 is 14.4 Å². The number of carbonyl (C=O) groups excluding carboxylic acids is 3. The van der Waals surface area contributed by atoms with Gasteiger partial charge in [-0.1, -0.05) is 72.8 Å². The molecule has 2 unspecified atom stereocenters. The predicted molar refractivity (Wildman–Crippen MR) is 156 cm³/mol. The minimum Gasteiger partial charge on any atom is -0.463 e. The van der Waals surface area contributed by atoms with Crippen LogP contribution in [0.25, 0.3) is 0 Å². The van der Waals surface area contributed by atoms with Crippen molar-refractivity contribution in [2.75, 3.05) is 18.2 Å². The second kappa shape index (κ2) is 11.4. The van der Waals surface area contributed by atoms with Crippen LogP contribution in [0, 0.1) is 6.92 Å². The van der Waals surface area contributed by atoms with Gasteiger partial charge in [-0.25, -0.2) is 9.59 Å². The summed E-state index contributed by atoms with van der Waals surface area (Å²) in [6.07, 6.45) is 0. The number of hydrogen-bond acceptors (Lipinski definition) is 7. The third kappa shape index (κ3) is 4.69. The summed E-state index contributed by atoms with van der Waals surface area (Å²) in [5.74, 6) is -2.63. The average molecular weight is 552 g/mol. The van der Waals surface area contributed by atoms with Crippen molar-refractivity contribution in [3.05, 3.63) is 113 Å². The van der Waals surface area contributed by atoms with E-state index < -0.39 is 23.4 Å². The van der Waals surface area contributed by atoms with Gasteiger partial charge in [-0.05, 0) is 56.5 Å². The Kier molecular flexibility index (Phi) is 7.75. The second-order valence-electron chi connectivity index (χ2n) is 10.0. The third-order valence-corrected chi connectivity index (χ3v) is 7.50. The van der Waals surface area contributed by atoms with Gasteiger partial charge in [0.2, 0.25) is 0 Å². The second-order valence-corrected chi connectivity index (χ2v) is 10.0. The molecule has 3 aromatic rings. The Bertz CT molecular complexity index is 1530. The molecule has 3 aromatic carbocycles. The van der Waals surface area contributed by atoms with E-state index in [0.717, 1.165) is 11.1 Å². The molecule has 8 nitrogen and oxygen atoms in total. The fraction of sp³-hybridized carbons (Fsp3) is 0.273. The molecule has 0 radical (unpaired) electrons. The first-order valence-electron chi connectivity index (χ1n) is 13.8. The van der Waals surface area contributed by atoms with Gasteiger partial charge in [0, 0.05) is 6.54 Å². The number of rotatable bonds is 8. The lowest BCUT2D eigenvalue weighted by atomic mass is 9.73. The van der Waals surface area contributed by atoms with Crippen molar-refractivity contribution in [2.45, 2.75) is 45.7 Å². The van der Waals surface area contributed by atoms with Crippen molar-refractivity contribution in [3.8, 4) is 0 Å². The molecule has 2 aliphatic heterocycles. The molecule has 210 valence electrons. The van der Waals surface area contributed by atoms with Crippen molar-refractivity contribution < 1.29 is 23.9 Å². The summed E-state index contributed by atoms with van der Waals surface area (Å²) in [6, 6.07) is 26.3. The molecule has 0 aliphatic carbocycles. The van der Waals surface area contributed by atoms with Crippen LogP contribution in [-0.4, -0.2) is 47.2 Å². The molecule has 0 fully saturated rings. The number of nitrogens with zero attached hydrogens (tertiary/aromatic N) is 3. The number of benzene rings is 3. The molecule has 1 spiro atoms. The number of anilines is 1. The Morgan fingerprint density at radius 2 is 1.49 bits per heavy atom. The fourth-order valence-electron chi connectivity index (χ4n) is 5.85. The quantitative estimate of drug-likeness (QED) is 0.361. The molecule has 2 heterocycles. The molecule has 8 heteroatoms. The fourth-order valence-corrected chi connectivity index (χ4v) is 5.85. The summed E-state index contributed by atoms with van der Waals surface area (Å²) in [7, 11) is 0. The van der Waals surface area contributed by atoms with Gasteiger partial charge in [0.1, 0.15) is 5.70 Å². The van der Waals surface area contributed by atoms with Crippen molar-refractivity contribution >= 4 is 29.2 Å². The minimum absolute atomic E-state index is 0.0111. The van der Waals surface area contributed by atoms with Gasteiger partial charge in [0.25, 0.3) is 5.91 Å². The molecule has 1 amide bonds. The van der Waals surface area contributed by atoms with E-state index in [0.29, 0.717) is 17.0 Å². The molecule has 0 saturated heterocycles. The van der Waals surface area contributed by atoms with Crippen LogP contribution in [0.4, 0.5) is 5.69 Å². The van der Waals surface area contributed by atoms with E-state index >= 15 is 0 Å². The number of aryl methyl sites for hydroxylation is 1. The molecule has 5 rings (SSSR count). The van der Waals surface area contributed by atoms with Crippen LogP contribution in [0.5, 0.6) is 0 Å². The summed E-state index contributed by atoms with van der Waals surface area (Å²) in [4.78, 5) is 44.3. The first-order chi connectivity index (χ1) is 19.8. The van der Waals surface area contributed by atoms with E-state index in [1.54, 1.807) is 25.7 Å². The summed E-state index contributed by atoms with van der Waals surface area (Å²) in [6.45, 7) is 7.48. The Hall–Kier alpha value is -4.72. The van der Waals surface area contributed by atoms with Gasteiger partial charge >= 0.3 is 11.9 Å². The normalized spacial score (nSPS) is 20.0. The van der Waals surface area contributed by atoms with E-state index in [-0.39, 0.29) is 36.9 Å². The summed E-state index contributed by atoms with van der Waals surface area (Å²) in [5.41, 5.74) is 2.11. The van der Waals surface area contributed by atoms with E-state index in [1.165, 1.54) is 5.01 Å². The number of hydrogen-bond donors (Lipinski definition) is 0. The van der Waals surface area contributed by atoms with E-state index in [1.807, 2.05) is 91.9 Å². The van der Waals surface area contributed by atoms with E-state index in [4.69, 9.17) is 14.6 Å². The Morgan fingerprint density at radius 1 is 0.854 bits per heavy atom. The molecule has 0 saturated carbocycles. The molecular weight excluding hydrogens is 518 g/mol. The number of esters is 2. The van der Waals surface area contributed by atoms with Crippen LogP contribution in [0.2, 0.25) is 0 Å². The Morgan fingerprint density at radius 3 is 2.12 bits per heavy atom. The minimum atomic E-state index is -1.54. The SMILES string of the molecule is CCOC(=O)C1=C(C(=O)OCC)N(Cc2ccccc2)C2(C(=O)N(c3cccc(C)c3)N=C2C)C1c1ccccc1. The van der Waals surface area contributed by atoms with Crippen LogP contribution >= 0.6 is 0 Å². The summed E-state index contributed by atoms with van der Waals surface area (Å²) in [5, 5.41) is 6.17. The number of hydrazone groups is 1. The van der Waals surface area contributed by atoms with Crippen LogP contribution in [0.3, 0.4) is 0 Å². The van der Waals surface area contributed by atoms with Gasteiger partial charge in [-0.3, -0.25) is 4.79 Å². The lowest BCUT2D eigenvalue weighted by molar-refractivity contribution is -0.143. The number of carbonyl (C=O) groups is 3. The molecule has 0 N–H and O–H groups in total. The van der Waals surface area contributed by atoms with Crippen LogP contribution in [-0.2, 0) is 30.4 Å². The molecule has 2 atom stereocenters. The third-order valence-electron chi connectivity index (χ3n) is 7.50. The molecule has 2 aliphatic rings. The predicted octanol–water partition coefficient (Wildman–Crippen LogP) is 5.14. The molecular formula is C33H33N3O5. The van der Waals surface area contributed by atoms with Crippen molar-refractivity contribution in [2.24, 2.45) is 5.10 Å². The smallest absolute Gasteiger partial charge is 0.355 e. The van der Waals surface area contributed by atoms with Crippen molar-refractivity contribution in [3.63, 3.8) is 0 Å². The van der Waals surface area contributed by atoms with Crippen LogP contribution < -0.4 is 5.01 Å². The maximum atomic E-state index is 14.9. The Labute approximate surface area is 239 Å². The zero-order valence-corrected chi connectivity index (χ0v) is 23.7. The Balaban J connectivity index is 1.82. The van der Waals surface area contributed by atoms with Gasteiger partial charge in [0.15, 0.2) is 5.54 Å². The maximum absolute atomic E-state index is 14.9. The van der Waals surface area contributed by atoms with Crippen LogP contribution in [0.1, 0.15) is 43.4 Å². The molecule has 41 heavy (non-hydrogen) atoms. The summed E-state index contributed by atoms with van der Waals surface area (Å²) < 4.78 is 11.1. The summed E-state index contributed by atoms with van der Waals surface area (Å²) >= 11 is 0. The standard InChI is InChI=1S/C33H33N3O5/c1-5-40-30(37)27-28(25-17-11-8-12-18-25)33(23(4)34-36(32(33)39)26-19-13-14-22(3)20-26)35(29(27)31(38)41-6-2)21-24-15-9-7-10-16-24/h7-20,28H,5-6,21H2,1-4H3. The van der Waals surface area contributed by atoms with E-state index in [9.17, 15) is 14.4 Å². The highest BCUT2D eigenvalue weighted by Crippen LogP contribution is 2.53. The topological polar surface area (TPSA) is 88.5 Å². The number of amides is 1. The van der Waals surface area contributed by atoms with Gasteiger partial charge in [-0.2, -0.15) is 10.1 Å². The monoisotopic (exact) mass is 551 g/mol. The highest BCUT2D eigenvalue weighted by atomic mass is 16.5. The van der Waals surface area contributed by atoms with Crippen molar-refractivity contribution in [1.82, 2.24) is 4.90 Å². The zero-order valence-electron chi connectivity index (χ0n) is 23.7. The molecule has 0 bridgehead atoms. The van der Waals surface area contributed by atoms with E-state index in [2.05, 4.69) is 0 Å². The molecule has 0 aromatic heterocycles. The van der Waals surface area contributed by atoms with Gasteiger partial charge in [-0.15, -0.1) is 0 Å². The average Bonchev–Trinajstić information content (AvgIpc) is 3.42. The lowest BCUT2D eigenvalue weighted by Crippen LogP contribution is -2.59. The first kappa shape index (κ1) is 27.8. The highest BCUT2D eigenvalue weighted by molar-refractivity contribution is 6.26. The maximum Gasteiger partial charge on any atom is 0.355 e. The largest absolute Gasteiger partial charge is 0.463 e. The highest BCUT2D eigenvalue weighted by Gasteiger charge is 2.67. The zero-order chi connectivity index (χ0) is 29.1. The van der Waals surface area contributed by atoms with Crippen LogP contribution in [0.15, 0.2) is 101 Å². The lowest BCUT2D eigenvalue weighted by Gasteiger charge is -2.40. The van der Waals surface area contributed by atoms with Crippen molar-refractivity contribution in [1.29, 1.82) is 0 Å². The number of ether oxygens (including phenoxy) is 2.